The first kappa shape index (κ1) is 19.4. The third-order valence-corrected chi connectivity index (χ3v) is 7.12. The molecule has 1 atom stereocenters. The minimum Gasteiger partial charge on any atom is -0.340 e. The number of para-hydroxylation sites is 1. The number of rotatable bonds is 3. The summed E-state index contributed by atoms with van der Waals surface area (Å²) in [6, 6.07) is 24.8. The Kier molecular flexibility index (Phi) is 4.41. The van der Waals surface area contributed by atoms with Crippen molar-refractivity contribution in [3.63, 3.8) is 0 Å². The minimum atomic E-state index is 0.362. The quantitative estimate of drug-likeness (QED) is 0.277. The summed E-state index contributed by atoms with van der Waals surface area (Å²) < 4.78 is 4.84. The number of aliphatic imine (C=N–C) groups is 1. The van der Waals surface area contributed by atoms with Gasteiger partial charge < -0.3 is 9.13 Å². The van der Waals surface area contributed by atoms with E-state index in [1.165, 1.54) is 44.0 Å². The van der Waals surface area contributed by atoms with Crippen LogP contribution in [0, 0.1) is 0 Å². The summed E-state index contributed by atoms with van der Waals surface area (Å²) in [7, 11) is 0. The summed E-state index contributed by atoms with van der Waals surface area (Å²) in [4.78, 5) is 4.69. The standard InChI is InChI=1S/C31H25N3/c1-2-8-23(9-3-1)33-21-19-27-29(33)18-17-26-25-10-4-5-12-30(25)34(31(26)27)24-15-13-22(14-16-24)28-11-6-7-20-32-28/h1-6,8,10-19,21,23H,7,9,20H2. The van der Waals surface area contributed by atoms with Crippen molar-refractivity contribution in [2.45, 2.75) is 18.9 Å². The lowest BCUT2D eigenvalue weighted by Crippen LogP contribution is -2.05. The van der Waals surface area contributed by atoms with Crippen molar-refractivity contribution in [2.24, 2.45) is 4.99 Å². The first-order valence-electron chi connectivity index (χ1n) is 12.1. The molecule has 3 nitrogen and oxygen atoms in total. The van der Waals surface area contributed by atoms with E-state index in [1.807, 2.05) is 0 Å². The molecule has 0 radical (unpaired) electrons. The molecule has 7 rings (SSSR count). The summed E-state index contributed by atoms with van der Waals surface area (Å²) >= 11 is 0. The Morgan fingerprint density at radius 1 is 0.765 bits per heavy atom. The van der Waals surface area contributed by atoms with E-state index in [1.54, 1.807) is 0 Å². The average molecular weight is 440 g/mol. The highest BCUT2D eigenvalue weighted by molar-refractivity contribution is 6.18. The molecule has 1 aliphatic carbocycles. The number of aromatic nitrogens is 2. The maximum atomic E-state index is 4.69. The topological polar surface area (TPSA) is 22.2 Å². The Morgan fingerprint density at radius 3 is 2.50 bits per heavy atom. The van der Waals surface area contributed by atoms with E-state index < -0.39 is 0 Å². The summed E-state index contributed by atoms with van der Waals surface area (Å²) in [6.45, 7) is 0.876. The maximum Gasteiger partial charge on any atom is 0.0643 e. The Labute approximate surface area is 198 Å². The van der Waals surface area contributed by atoms with Gasteiger partial charge in [0.25, 0.3) is 0 Å². The fraction of sp³-hybridized carbons (Fsp3) is 0.129. The molecule has 164 valence electrons. The molecule has 0 saturated carbocycles. The van der Waals surface area contributed by atoms with E-state index in [-0.39, 0.29) is 0 Å². The predicted molar refractivity (Wildman–Crippen MR) is 143 cm³/mol. The molecule has 0 fully saturated rings. The van der Waals surface area contributed by atoms with Crippen LogP contribution in [0.4, 0.5) is 0 Å². The van der Waals surface area contributed by atoms with Crippen molar-refractivity contribution in [1.29, 1.82) is 0 Å². The molecule has 0 amide bonds. The summed E-state index contributed by atoms with van der Waals surface area (Å²) in [6.07, 6.45) is 17.5. The Bertz CT molecular complexity index is 1670. The highest BCUT2D eigenvalue weighted by Gasteiger charge is 2.18. The van der Waals surface area contributed by atoms with Gasteiger partial charge in [0.1, 0.15) is 0 Å². The van der Waals surface area contributed by atoms with Crippen LogP contribution in [-0.2, 0) is 0 Å². The van der Waals surface area contributed by atoms with E-state index in [2.05, 4.69) is 119 Å². The largest absolute Gasteiger partial charge is 0.340 e. The van der Waals surface area contributed by atoms with Gasteiger partial charge in [-0.15, -0.1) is 0 Å². The van der Waals surface area contributed by atoms with E-state index in [0.717, 1.165) is 25.1 Å². The molecule has 1 unspecified atom stereocenters. The van der Waals surface area contributed by atoms with Crippen molar-refractivity contribution in [1.82, 2.24) is 9.13 Å². The van der Waals surface area contributed by atoms with Gasteiger partial charge in [-0.2, -0.15) is 0 Å². The van der Waals surface area contributed by atoms with Crippen molar-refractivity contribution in [3.8, 4) is 5.69 Å². The Hall–Kier alpha value is -4.11. The summed E-state index contributed by atoms with van der Waals surface area (Å²) in [5.41, 5.74) is 7.22. The average Bonchev–Trinajstić information content (AvgIpc) is 3.49. The molecule has 3 heterocycles. The van der Waals surface area contributed by atoms with Gasteiger partial charge in [0.15, 0.2) is 0 Å². The number of nitrogens with zero attached hydrogens (tertiary/aromatic N) is 3. The molecule has 0 bridgehead atoms. The number of hydrogen-bond acceptors (Lipinski definition) is 1. The van der Waals surface area contributed by atoms with Crippen molar-refractivity contribution in [3.05, 3.63) is 115 Å². The fourth-order valence-electron chi connectivity index (χ4n) is 5.50. The lowest BCUT2D eigenvalue weighted by Gasteiger charge is -2.17. The molecule has 2 aromatic heterocycles. The van der Waals surface area contributed by atoms with E-state index in [9.17, 15) is 0 Å². The number of hydrogen-bond donors (Lipinski definition) is 0. The minimum absolute atomic E-state index is 0.362. The molecular formula is C31H25N3. The van der Waals surface area contributed by atoms with Crippen LogP contribution in [0.1, 0.15) is 24.4 Å². The Balaban J connectivity index is 1.46. The van der Waals surface area contributed by atoms with Crippen LogP contribution in [0.25, 0.3) is 38.4 Å². The summed E-state index contributed by atoms with van der Waals surface area (Å²) in [5, 5.41) is 3.88. The maximum absolute atomic E-state index is 4.69. The molecule has 1 aliphatic heterocycles. The monoisotopic (exact) mass is 439 g/mol. The second-order valence-corrected chi connectivity index (χ2v) is 9.09. The smallest absolute Gasteiger partial charge is 0.0643 e. The van der Waals surface area contributed by atoms with E-state index in [4.69, 9.17) is 4.99 Å². The van der Waals surface area contributed by atoms with Crippen molar-refractivity contribution in [2.75, 3.05) is 6.54 Å². The van der Waals surface area contributed by atoms with Crippen LogP contribution in [0.5, 0.6) is 0 Å². The van der Waals surface area contributed by atoms with Gasteiger partial charge >= 0.3 is 0 Å². The zero-order valence-electron chi connectivity index (χ0n) is 18.9. The second kappa shape index (κ2) is 7.74. The summed E-state index contributed by atoms with van der Waals surface area (Å²) in [5.74, 6) is 0. The number of allylic oxidation sites excluding steroid dienone is 5. The SMILES string of the molecule is C1=CCC(n2ccc3c2ccc2c4ccccc4n(-c4ccc(C5=NCCC=C5)cc4)c23)C=C1. The van der Waals surface area contributed by atoms with Crippen LogP contribution in [0.3, 0.4) is 0 Å². The molecule has 5 aromatic rings. The highest BCUT2D eigenvalue weighted by Crippen LogP contribution is 2.38. The van der Waals surface area contributed by atoms with Crippen LogP contribution >= 0.6 is 0 Å². The molecular weight excluding hydrogens is 414 g/mol. The fourth-order valence-corrected chi connectivity index (χ4v) is 5.50. The molecule has 3 heteroatoms. The lowest BCUT2D eigenvalue weighted by molar-refractivity contribution is 0.629. The Morgan fingerprint density at radius 2 is 1.68 bits per heavy atom. The zero-order valence-corrected chi connectivity index (χ0v) is 18.9. The predicted octanol–water partition coefficient (Wildman–Crippen LogP) is 7.54. The first-order valence-corrected chi connectivity index (χ1v) is 12.1. The van der Waals surface area contributed by atoms with Crippen LogP contribution < -0.4 is 0 Å². The van der Waals surface area contributed by atoms with Gasteiger partial charge in [-0.05, 0) is 54.8 Å². The zero-order chi connectivity index (χ0) is 22.5. The van der Waals surface area contributed by atoms with Gasteiger partial charge in [-0.1, -0.05) is 66.8 Å². The molecule has 34 heavy (non-hydrogen) atoms. The van der Waals surface area contributed by atoms with E-state index >= 15 is 0 Å². The molecule has 0 saturated heterocycles. The van der Waals surface area contributed by atoms with Crippen molar-refractivity contribution < 1.29 is 0 Å². The number of benzene rings is 3. The van der Waals surface area contributed by atoms with Crippen molar-refractivity contribution >= 4 is 38.4 Å². The molecule has 2 aliphatic rings. The van der Waals surface area contributed by atoms with Gasteiger partial charge in [0.05, 0.1) is 28.3 Å². The normalized spacial score (nSPS) is 17.8. The van der Waals surface area contributed by atoms with Crippen LogP contribution in [0.2, 0.25) is 0 Å². The number of fused-ring (bicyclic) bond motifs is 5. The lowest BCUT2D eigenvalue weighted by atomic mass is 10.1. The highest BCUT2D eigenvalue weighted by atomic mass is 15.0. The third kappa shape index (κ3) is 2.94. The van der Waals surface area contributed by atoms with Gasteiger partial charge in [-0.25, -0.2) is 0 Å². The van der Waals surface area contributed by atoms with E-state index in [0.29, 0.717) is 6.04 Å². The van der Waals surface area contributed by atoms with Gasteiger partial charge in [-0.3, -0.25) is 4.99 Å². The van der Waals surface area contributed by atoms with Gasteiger partial charge in [0.2, 0.25) is 0 Å². The molecule has 3 aromatic carbocycles. The number of dihydropyridines is 1. The van der Waals surface area contributed by atoms with Crippen LogP contribution in [0.15, 0.2) is 114 Å². The van der Waals surface area contributed by atoms with Crippen LogP contribution in [-0.4, -0.2) is 21.4 Å². The molecule has 0 spiro atoms. The third-order valence-electron chi connectivity index (χ3n) is 7.12. The second-order valence-electron chi connectivity index (χ2n) is 9.09. The first-order chi connectivity index (χ1) is 16.9. The van der Waals surface area contributed by atoms with Gasteiger partial charge in [0, 0.05) is 34.6 Å². The molecule has 0 N–H and O–H groups in total.